The van der Waals surface area contributed by atoms with Crippen molar-refractivity contribution in [2.75, 3.05) is 49.5 Å². The maximum absolute atomic E-state index is 13.3. The number of esters is 1. The van der Waals surface area contributed by atoms with Gasteiger partial charge in [0.15, 0.2) is 17.4 Å². The Kier molecular flexibility index (Phi) is 11.5. The number of hydrogen-bond acceptors (Lipinski definition) is 10. The number of anilines is 2. The number of unbranched alkanes of at least 4 members (excludes halogenated alkanes) is 2. The van der Waals surface area contributed by atoms with Crippen LogP contribution in [0.15, 0.2) is 35.5 Å². The minimum atomic E-state index is -0.346. The largest absolute Gasteiger partial charge is 0.444 e. The fourth-order valence-corrected chi connectivity index (χ4v) is 5.71. The fraction of sp³-hybridized carbons (Fsp3) is 0.483. The topological polar surface area (TPSA) is 125 Å². The third kappa shape index (κ3) is 8.60. The molecule has 1 amide bonds. The van der Waals surface area contributed by atoms with Crippen molar-refractivity contribution in [2.45, 2.75) is 53.2 Å². The van der Waals surface area contributed by atoms with Gasteiger partial charge in [0, 0.05) is 51.4 Å². The van der Waals surface area contributed by atoms with E-state index in [-0.39, 0.29) is 25.2 Å². The molecule has 0 bridgehead atoms. The number of β-amino-alcohol motifs (C(OH)–C–C–N with tert-alkyl or cyclic N) is 1. The number of carbonyl (C=O) groups excluding carboxylic acids is 2. The lowest BCUT2D eigenvalue weighted by molar-refractivity contribution is -0.147. The van der Waals surface area contributed by atoms with E-state index in [0.29, 0.717) is 45.0 Å². The van der Waals surface area contributed by atoms with E-state index in [1.54, 1.807) is 16.8 Å². The molecule has 2 N–H and O–H groups in total. The number of benzene rings is 1. The molecule has 1 fully saturated rings. The van der Waals surface area contributed by atoms with Crippen LogP contribution in [0.4, 0.5) is 17.3 Å². The lowest BCUT2D eigenvalue weighted by Crippen LogP contribution is -2.47. The van der Waals surface area contributed by atoms with Gasteiger partial charge in [0.05, 0.1) is 17.3 Å². The molecular weight excluding hydrogens is 578 g/mol. The summed E-state index contributed by atoms with van der Waals surface area (Å²) in [6.07, 6.45) is 4.70. The van der Waals surface area contributed by atoms with E-state index in [1.165, 1.54) is 11.3 Å². The number of aliphatic hydroxyl groups excluding tert-OH is 1. The quantitative estimate of drug-likeness (QED) is 0.228. The van der Waals surface area contributed by atoms with Crippen LogP contribution in [-0.2, 0) is 16.3 Å². The molecule has 0 spiro atoms. The summed E-state index contributed by atoms with van der Waals surface area (Å²) < 4.78 is 7.17. The van der Waals surface area contributed by atoms with E-state index < -0.39 is 0 Å². The zero-order chi connectivity index (χ0) is 30.1. The van der Waals surface area contributed by atoms with Gasteiger partial charge in [-0.25, -0.2) is 15.0 Å². The number of para-hydroxylation sites is 1. The monoisotopic (exact) mass is 615 g/mol. The van der Waals surface area contributed by atoms with Crippen LogP contribution < -0.4 is 15.0 Å². The first-order valence-corrected chi connectivity index (χ1v) is 15.4. The van der Waals surface area contributed by atoms with Crippen LogP contribution in [0.1, 0.15) is 53.7 Å². The smallest absolute Gasteiger partial charge is 0.307 e. The van der Waals surface area contributed by atoms with Crippen molar-refractivity contribution in [3.63, 3.8) is 0 Å². The van der Waals surface area contributed by atoms with Gasteiger partial charge >= 0.3 is 5.97 Å². The first-order valence-electron chi connectivity index (χ1n) is 14.2. The molecule has 1 aliphatic rings. The van der Waals surface area contributed by atoms with E-state index >= 15 is 0 Å². The number of aliphatic hydroxyl groups is 1. The summed E-state index contributed by atoms with van der Waals surface area (Å²) in [6.45, 7) is 9.68. The van der Waals surface area contributed by atoms with Crippen LogP contribution >= 0.6 is 22.9 Å². The predicted octanol–water partition coefficient (Wildman–Crippen LogP) is 4.29. The van der Waals surface area contributed by atoms with Gasteiger partial charge in [-0.3, -0.25) is 19.1 Å². The Hall–Kier alpha value is -3.32. The fourth-order valence-electron chi connectivity index (χ4n) is 4.56. The summed E-state index contributed by atoms with van der Waals surface area (Å²) in [7, 11) is 0. The predicted molar refractivity (Wildman–Crippen MR) is 164 cm³/mol. The number of carbonyl (C=O) groups is 2. The molecular formula is C29H38ClN7O4S. The Morgan fingerprint density at radius 3 is 2.67 bits per heavy atom. The van der Waals surface area contributed by atoms with E-state index in [1.807, 2.05) is 32.0 Å². The van der Waals surface area contributed by atoms with Crippen LogP contribution in [0.5, 0.6) is 0 Å². The second-order valence-corrected chi connectivity index (χ2v) is 11.5. The van der Waals surface area contributed by atoms with E-state index in [0.717, 1.165) is 56.8 Å². The number of aryl methyl sites for hydroxylation is 2. The summed E-state index contributed by atoms with van der Waals surface area (Å²) in [5.74, 6) is 1.13. The van der Waals surface area contributed by atoms with Crippen molar-refractivity contribution >= 4 is 52.1 Å². The Morgan fingerprint density at radius 2 is 1.95 bits per heavy atom. The first-order chi connectivity index (χ1) is 20.3. The highest BCUT2D eigenvalue weighted by atomic mass is 35.5. The molecule has 0 radical (unpaired) electrons. The zero-order valence-corrected chi connectivity index (χ0v) is 25.9. The van der Waals surface area contributed by atoms with Crippen LogP contribution in [0.3, 0.4) is 0 Å². The third-order valence-corrected chi connectivity index (χ3v) is 8.22. The average molecular weight is 616 g/mol. The van der Waals surface area contributed by atoms with Gasteiger partial charge in [0.2, 0.25) is 0 Å². The van der Waals surface area contributed by atoms with Crippen molar-refractivity contribution < 1.29 is 19.4 Å². The van der Waals surface area contributed by atoms with Gasteiger partial charge in [0.1, 0.15) is 16.5 Å². The number of ether oxygens (including phenoxy) is 1. The van der Waals surface area contributed by atoms with Crippen LogP contribution in [-0.4, -0.2) is 75.7 Å². The highest BCUT2D eigenvalue weighted by Gasteiger charge is 2.19. The molecule has 3 aromatic rings. The Balaban J connectivity index is 1.61. The molecule has 42 heavy (non-hydrogen) atoms. The average Bonchev–Trinajstić information content (AvgIpc) is 3.37. The number of halogens is 1. The second kappa shape index (κ2) is 15.2. The van der Waals surface area contributed by atoms with Crippen molar-refractivity contribution in [1.29, 1.82) is 0 Å². The number of nitrogens with one attached hydrogen (secondary N) is 1. The van der Waals surface area contributed by atoms with Crippen LogP contribution in [0.25, 0.3) is 0 Å². The molecule has 1 saturated heterocycles. The number of thiazole rings is 1. The molecule has 3 heterocycles. The van der Waals surface area contributed by atoms with Crippen LogP contribution in [0, 0.1) is 13.8 Å². The number of hydrogen-bond donors (Lipinski definition) is 2. The van der Waals surface area contributed by atoms with Crippen LogP contribution in [0.2, 0.25) is 5.02 Å². The lowest BCUT2D eigenvalue weighted by atomic mass is 10.2. The van der Waals surface area contributed by atoms with Crippen molar-refractivity contribution in [3.8, 4) is 0 Å². The first kappa shape index (κ1) is 31.6. The van der Waals surface area contributed by atoms with E-state index in [2.05, 4.69) is 32.0 Å². The summed E-state index contributed by atoms with van der Waals surface area (Å²) in [5, 5.41) is 12.6. The molecule has 11 nitrogen and oxygen atoms in total. The lowest BCUT2D eigenvalue weighted by Gasteiger charge is -2.35. The number of amides is 1. The number of nitrogens with zero attached hydrogens (tertiary/aromatic N) is 6. The van der Waals surface area contributed by atoms with Crippen molar-refractivity contribution in [2.24, 2.45) is 4.99 Å². The SMILES string of the molecule is CCCCCC(=O)OCn1cc(C(=O)Nc2c(C)cccc2Cl)s/c1=N\c1cc(N2CCN(CCO)CC2)nc(C)n1. The molecule has 2 aromatic heterocycles. The van der Waals surface area contributed by atoms with E-state index in [9.17, 15) is 14.7 Å². The molecule has 4 rings (SSSR count). The zero-order valence-electron chi connectivity index (χ0n) is 24.3. The third-order valence-electron chi connectivity index (χ3n) is 6.89. The molecule has 0 saturated carbocycles. The summed E-state index contributed by atoms with van der Waals surface area (Å²) in [5.41, 5.74) is 1.38. The number of rotatable bonds is 12. The van der Waals surface area contributed by atoms with Crippen molar-refractivity contribution in [3.05, 3.63) is 56.6 Å². The molecule has 1 aliphatic heterocycles. The Bertz CT molecular complexity index is 1430. The minimum absolute atomic E-state index is 0.0809. The Morgan fingerprint density at radius 1 is 1.17 bits per heavy atom. The normalized spacial score (nSPS) is 14.3. The standard InChI is InChI=1S/C29H38ClN7O4S/c1-4-5-6-10-26(39)41-19-37-18-23(28(40)34-27-20(2)8-7-9-22(27)30)42-29(37)33-24-17-25(32-21(3)31-24)36-13-11-35(12-14-36)15-16-38/h7-9,17-18,38H,4-6,10-16,19H2,1-3H3,(H,34,40)/b33-29-. The molecule has 1 aromatic carbocycles. The molecule has 0 atom stereocenters. The van der Waals surface area contributed by atoms with Gasteiger partial charge in [-0.2, -0.15) is 0 Å². The van der Waals surface area contributed by atoms with Gasteiger partial charge in [0.25, 0.3) is 5.91 Å². The number of aromatic nitrogens is 3. The molecule has 13 heteroatoms. The summed E-state index contributed by atoms with van der Waals surface area (Å²) >= 11 is 7.50. The molecule has 0 aliphatic carbocycles. The Labute approximate surface area is 254 Å². The summed E-state index contributed by atoms with van der Waals surface area (Å²) in [4.78, 5) is 44.7. The number of piperazine rings is 1. The highest BCUT2D eigenvalue weighted by molar-refractivity contribution is 7.11. The van der Waals surface area contributed by atoms with E-state index in [4.69, 9.17) is 21.3 Å². The molecule has 0 unspecified atom stereocenters. The van der Waals surface area contributed by atoms with Crippen molar-refractivity contribution in [1.82, 2.24) is 19.4 Å². The van der Waals surface area contributed by atoms with Gasteiger partial charge in [-0.15, -0.1) is 0 Å². The second-order valence-electron chi connectivity index (χ2n) is 10.1. The van der Waals surface area contributed by atoms with Gasteiger partial charge < -0.3 is 20.1 Å². The van der Waals surface area contributed by atoms with Gasteiger partial charge in [-0.1, -0.05) is 54.8 Å². The van der Waals surface area contributed by atoms with Gasteiger partial charge in [-0.05, 0) is 31.9 Å². The highest BCUT2D eigenvalue weighted by Crippen LogP contribution is 2.26. The molecule has 226 valence electrons. The maximum Gasteiger partial charge on any atom is 0.307 e. The summed E-state index contributed by atoms with van der Waals surface area (Å²) in [6, 6.07) is 7.24. The maximum atomic E-state index is 13.3. The minimum Gasteiger partial charge on any atom is -0.444 e.